The number of halogens is 1. The largest absolute Gasteiger partial charge is 1.00 e. The van der Waals surface area contributed by atoms with Gasteiger partial charge in [-0.15, -0.1) is 0 Å². The molecule has 0 aromatic rings. The van der Waals surface area contributed by atoms with Gasteiger partial charge in [0.15, 0.2) is 0 Å². The van der Waals surface area contributed by atoms with Crippen LogP contribution < -0.4 is 17.0 Å². The third-order valence-electron chi connectivity index (χ3n) is 2.01. The molecule has 0 aliphatic carbocycles. The SMILES string of the molecule is CC(C)(C)P(C(C)(C)C)C(C)(C)C.[Br-].[Pd+]. The fourth-order valence-electron chi connectivity index (χ4n) is 3.02. The fraction of sp³-hybridized carbons (Fsp3) is 1.00. The van der Waals surface area contributed by atoms with E-state index in [2.05, 4.69) is 62.3 Å². The minimum Gasteiger partial charge on any atom is -1.00 e. The Morgan fingerprint density at radius 2 is 0.667 bits per heavy atom. The summed E-state index contributed by atoms with van der Waals surface area (Å²) in [4.78, 5) is 0. The standard InChI is InChI=1S/C12H27P.BrH.Pd/c1-10(2,3)13(11(4,5)6)12(7,8)9;;/h1-9H3;1H;/q;;+1/p-1. The molecular weight excluding hydrogens is 361 g/mol. The van der Waals surface area contributed by atoms with Crippen LogP contribution in [-0.4, -0.2) is 15.5 Å². The second kappa shape index (κ2) is 6.49. The summed E-state index contributed by atoms with van der Waals surface area (Å²) in [6, 6.07) is 0. The molecule has 0 fully saturated rings. The summed E-state index contributed by atoms with van der Waals surface area (Å²) < 4.78 is 0. The van der Waals surface area contributed by atoms with Crippen LogP contribution >= 0.6 is 7.92 Å². The molecule has 0 unspecified atom stereocenters. The molecule has 1 radical (unpaired) electrons. The second-order valence-electron chi connectivity index (χ2n) is 6.85. The van der Waals surface area contributed by atoms with Crippen molar-refractivity contribution in [3.05, 3.63) is 0 Å². The first-order valence-electron chi connectivity index (χ1n) is 5.17. The van der Waals surface area contributed by atoms with Crippen LogP contribution in [0.25, 0.3) is 0 Å². The molecule has 0 bridgehead atoms. The van der Waals surface area contributed by atoms with Gasteiger partial charge in [0.25, 0.3) is 0 Å². The summed E-state index contributed by atoms with van der Waals surface area (Å²) in [7, 11) is 0.0162. The van der Waals surface area contributed by atoms with E-state index in [4.69, 9.17) is 0 Å². The van der Waals surface area contributed by atoms with Crippen LogP contribution in [0.15, 0.2) is 0 Å². The van der Waals surface area contributed by atoms with E-state index in [1.807, 2.05) is 0 Å². The maximum Gasteiger partial charge on any atom is 1.00 e. The molecule has 0 aliphatic rings. The van der Waals surface area contributed by atoms with Crippen LogP contribution in [0, 0.1) is 0 Å². The normalized spacial score (nSPS) is 13.2. The van der Waals surface area contributed by atoms with Crippen LogP contribution in [0.2, 0.25) is 0 Å². The van der Waals surface area contributed by atoms with Crippen molar-refractivity contribution in [3.63, 3.8) is 0 Å². The van der Waals surface area contributed by atoms with Gasteiger partial charge in [-0.3, -0.25) is 0 Å². The molecule has 97 valence electrons. The Kier molecular flexibility index (Phi) is 9.44. The summed E-state index contributed by atoms with van der Waals surface area (Å²) in [6.07, 6.45) is 0. The molecule has 0 aromatic heterocycles. The average Bonchev–Trinajstić information content (AvgIpc) is 1.44. The molecule has 0 atom stereocenters. The summed E-state index contributed by atoms with van der Waals surface area (Å²) in [5, 5.41) is 1.35. The van der Waals surface area contributed by atoms with Crippen molar-refractivity contribution >= 4 is 7.92 Å². The van der Waals surface area contributed by atoms with E-state index >= 15 is 0 Å². The molecule has 0 nitrogen and oxygen atoms in total. The van der Waals surface area contributed by atoms with Crippen molar-refractivity contribution in [2.24, 2.45) is 0 Å². The smallest absolute Gasteiger partial charge is 1.00 e. The van der Waals surface area contributed by atoms with Crippen LogP contribution in [0.5, 0.6) is 0 Å². The van der Waals surface area contributed by atoms with Gasteiger partial charge in [-0.05, 0) is 15.5 Å². The van der Waals surface area contributed by atoms with Gasteiger partial charge in [0.2, 0.25) is 0 Å². The van der Waals surface area contributed by atoms with Gasteiger partial charge in [-0.2, -0.15) is 0 Å². The quantitative estimate of drug-likeness (QED) is 0.439. The van der Waals surface area contributed by atoms with E-state index in [1.165, 1.54) is 0 Å². The topological polar surface area (TPSA) is 0 Å². The summed E-state index contributed by atoms with van der Waals surface area (Å²) in [5.41, 5.74) is 0. The van der Waals surface area contributed by atoms with Gasteiger partial charge in [0.1, 0.15) is 0 Å². The Labute approximate surface area is 123 Å². The van der Waals surface area contributed by atoms with Gasteiger partial charge in [-0.25, -0.2) is 0 Å². The first-order valence-corrected chi connectivity index (χ1v) is 6.51. The van der Waals surface area contributed by atoms with Crippen molar-refractivity contribution in [1.82, 2.24) is 0 Å². The fourth-order valence-corrected chi connectivity index (χ4v) is 9.06. The van der Waals surface area contributed by atoms with Crippen molar-refractivity contribution < 1.29 is 37.4 Å². The summed E-state index contributed by atoms with van der Waals surface area (Å²) in [5.74, 6) is 0. The Morgan fingerprint density at radius 1 is 0.533 bits per heavy atom. The van der Waals surface area contributed by atoms with E-state index in [9.17, 15) is 0 Å². The van der Waals surface area contributed by atoms with Gasteiger partial charge >= 0.3 is 20.4 Å². The Morgan fingerprint density at radius 3 is 0.667 bits per heavy atom. The molecule has 0 amide bonds. The minimum atomic E-state index is 0. The monoisotopic (exact) mass is 387 g/mol. The van der Waals surface area contributed by atoms with E-state index < -0.39 is 0 Å². The van der Waals surface area contributed by atoms with Gasteiger partial charge < -0.3 is 17.0 Å². The molecule has 0 saturated carbocycles. The first-order chi connectivity index (χ1) is 5.37. The molecule has 3 heteroatoms. The minimum absolute atomic E-state index is 0. The molecule has 15 heavy (non-hydrogen) atoms. The molecule has 0 spiro atoms. The molecule has 0 rings (SSSR count). The Hall–Kier alpha value is 1.57. The predicted octanol–water partition coefficient (Wildman–Crippen LogP) is 1.87. The first kappa shape index (κ1) is 21.8. The number of hydrogen-bond donors (Lipinski definition) is 0. The molecule has 0 saturated heterocycles. The van der Waals surface area contributed by atoms with Crippen LogP contribution in [0.3, 0.4) is 0 Å². The van der Waals surface area contributed by atoms with Crippen molar-refractivity contribution in [1.29, 1.82) is 0 Å². The zero-order chi connectivity index (χ0) is 11.1. The van der Waals surface area contributed by atoms with Gasteiger partial charge in [0, 0.05) is 0 Å². The van der Waals surface area contributed by atoms with Crippen LogP contribution in [0.1, 0.15) is 62.3 Å². The van der Waals surface area contributed by atoms with Gasteiger partial charge in [0.05, 0.1) is 0 Å². The molecule has 0 N–H and O–H groups in total. The molecule has 0 heterocycles. The average molecular weight is 389 g/mol. The molecular formula is C12H27BrPPd. The Balaban J connectivity index is -0.000000720. The predicted molar refractivity (Wildman–Crippen MR) is 66.2 cm³/mol. The van der Waals surface area contributed by atoms with E-state index in [0.717, 1.165) is 0 Å². The Bertz CT molecular complexity index is 138. The number of hydrogen-bond acceptors (Lipinski definition) is 0. The van der Waals surface area contributed by atoms with Crippen molar-refractivity contribution in [2.45, 2.75) is 77.8 Å². The zero-order valence-corrected chi connectivity index (χ0v) is 15.7. The maximum absolute atomic E-state index is 2.38. The van der Waals surface area contributed by atoms with E-state index in [-0.39, 0.29) is 45.3 Å². The van der Waals surface area contributed by atoms with Crippen LogP contribution in [0.4, 0.5) is 0 Å². The summed E-state index contributed by atoms with van der Waals surface area (Å²) in [6.45, 7) is 21.5. The molecule has 0 aromatic carbocycles. The third-order valence-corrected chi connectivity index (χ3v) is 6.04. The maximum atomic E-state index is 2.38. The van der Waals surface area contributed by atoms with E-state index in [1.54, 1.807) is 0 Å². The van der Waals surface area contributed by atoms with Crippen molar-refractivity contribution in [2.75, 3.05) is 0 Å². The van der Waals surface area contributed by atoms with Gasteiger partial charge in [-0.1, -0.05) is 70.2 Å². The van der Waals surface area contributed by atoms with E-state index in [0.29, 0.717) is 15.5 Å². The number of rotatable bonds is 0. The third kappa shape index (κ3) is 7.49. The van der Waals surface area contributed by atoms with Crippen LogP contribution in [-0.2, 0) is 20.4 Å². The van der Waals surface area contributed by atoms with Crippen molar-refractivity contribution in [3.8, 4) is 0 Å². The zero-order valence-electron chi connectivity index (χ0n) is 11.6. The summed E-state index contributed by atoms with van der Waals surface area (Å²) >= 11 is 0. The second-order valence-corrected chi connectivity index (χ2v) is 11.5. The molecule has 0 aliphatic heterocycles.